The lowest BCUT2D eigenvalue weighted by Gasteiger charge is -2.42. The first kappa shape index (κ1) is 18.3. The summed E-state index contributed by atoms with van der Waals surface area (Å²) in [5.41, 5.74) is 5.09. The molecule has 2 rings (SSSR count). The van der Waals surface area contributed by atoms with E-state index in [1.807, 2.05) is 35.2 Å². The van der Waals surface area contributed by atoms with Gasteiger partial charge in [-0.15, -0.1) is 0 Å². The minimum Gasteiger partial charge on any atom is -0.493 e. The Hall–Kier alpha value is -2.04. The van der Waals surface area contributed by atoms with Crippen molar-refractivity contribution < 1.29 is 14.3 Å². The Morgan fingerprint density at radius 1 is 1.29 bits per heavy atom. The van der Waals surface area contributed by atoms with Crippen LogP contribution >= 0.6 is 0 Å². The van der Waals surface area contributed by atoms with Crippen LogP contribution in [0.3, 0.4) is 0 Å². The molecule has 132 valence electrons. The van der Waals surface area contributed by atoms with Gasteiger partial charge in [0.05, 0.1) is 6.61 Å². The molecule has 1 unspecified atom stereocenters. The molecule has 1 aliphatic heterocycles. The molecule has 0 radical (unpaired) electrons. The van der Waals surface area contributed by atoms with Crippen LogP contribution in [0.5, 0.6) is 5.75 Å². The number of hydrogen-bond donors (Lipinski definition) is 1. The van der Waals surface area contributed by atoms with Crippen LogP contribution in [-0.4, -0.2) is 36.4 Å². The van der Waals surface area contributed by atoms with E-state index in [-0.39, 0.29) is 23.7 Å². The third-order valence-corrected chi connectivity index (χ3v) is 4.60. The summed E-state index contributed by atoms with van der Waals surface area (Å²) in [4.78, 5) is 25.9. The number of ether oxygens (including phenoxy) is 1. The summed E-state index contributed by atoms with van der Waals surface area (Å²) in [5.74, 6) is 0.607. The zero-order valence-corrected chi connectivity index (χ0v) is 14.5. The summed E-state index contributed by atoms with van der Waals surface area (Å²) in [6.07, 6.45) is 4.45. The lowest BCUT2D eigenvalue weighted by Crippen LogP contribution is -2.50. The van der Waals surface area contributed by atoms with Crippen molar-refractivity contribution in [2.75, 3.05) is 19.7 Å². The van der Waals surface area contributed by atoms with Gasteiger partial charge < -0.3 is 15.4 Å². The molecule has 2 N–H and O–H groups in total. The Balaban J connectivity index is 2.05. The third-order valence-electron chi connectivity index (χ3n) is 4.60. The van der Waals surface area contributed by atoms with E-state index < -0.39 is 0 Å². The van der Waals surface area contributed by atoms with Crippen molar-refractivity contribution in [2.24, 2.45) is 11.1 Å². The molecule has 1 aromatic carbocycles. The third kappa shape index (κ3) is 5.25. The molecule has 2 amide bonds. The lowest BCUT2D eigenvalue weighted by molar-refractivity contribution is -0.137. The minimum atomic E-state index is -0.387. The van der Waals surface area contributed by atoms with Gasteiger partial charge in [-0.3, -0.25) is 9.59 Å². The van der Waals surface area contributed by atoms with Crippen molar-refractivity contribution in [3.8, 4) is 5.75 Å². The fourth-order valence-corrected chi connectivity index (χ4v) is 3.34. The van der Waals surface area contributed by atoms with E-state index in [9.17, 15) is 9.59 Å². The van der Waals surface area contributed by atoms with Crippen molar-refractivity contribution in [3.05, 3.63) is 30.3 Å². The molecule has 1 aromatic rings. The average Bonchev–Trinajstić information content (AvgIpc) is 2.58. The number of carbonyl (C=O) groups excluding carboxylic acids is 2. The number of likely N-dealkylation sites (tertiary alicyclic amines) is 1. The van der Waals surface area contributed by atoms with E-state index in [1.54, 1.807) is 0 Å². The van der Waals surface area contributed by atoms with Gasteiger partial charge in [0.2, 0.25) is 11.8 Å². The number of piperidine rings is 1. The number of amides is 2. The topological polar surface area (TPSA) is 72.6 Å². The van der Waals surface area contributed by atoms with Crippen molar-refractivity contribution in [3.63, 3.8) is 0 Å². The highest BCUT2D eigenvalue weighted by Crippen LogP contribution is 2.34. The van der Waals surface area contributed by atoms with Gasteiger partial charge in [-0.05, 0) is 31.4 Å². The zero-order chi connectivity index (χ0) is 17.4. The summed E-state index contributed by atoms with van der Waals surface area (Å²) in [7, 11) is 0. The van der Waals surface area contributed by atoms with Crippen LogP contribution in [0.15, 0.2) is 30.3 Å². The highest BCUT2D eigenvalue weighted by atomic mass is 16.5. The Bertz CT molecular complexity index is 547. The molecule has 1 saturated heterocycles. The normalized spacial score (nSPS) is 20.6. The van der Waals surface area contributed by atoms with Crippen LogP contribution in [0.4, 0.5) is 0 Å². The van der Waals surface area contributed by atoms with E-state index in [4.69, 9.17) is 10.5 Å². The van der Waals surface area contributed by atoms with Gasteiger partial charge in [0.15, 0.2) is 0 Å². The Labute approximate surface area is 144 Å². The highest BCUT2D eigenvalue weighted by Gasteiger charge is 2.39. The number of para-hydroxylation sites is 1. The number of rotatable bonds is 8. The number of carbonyl (C=O) groups is 2. The second-order valence-electron chi connectivity index (χ2n) is 6.77. The molecule has 1 fully saturated rings. The van der Waals surface area contributed by atoms with Crippen molar-refractivity contribution in [1.29, 1.82) is 0 Å². The van der Waals surface area contributed by atoms with Gasteiger partial charge in [0.25, 0.3) is 0 Å². The van der Waals surface area contributed by atoms with Gasteiger partial charge >= 0.3 is 0 Å². The summed E-state index contributed by atoms with van der Waals surface area (Å²) in [6, 6.07) is 9.55. The van der Waals surface area contributed by atoms with Gasteiger partial charge in [0.1, 0.15) is 5.75 Å². The molecule has 0 saturated carbocycles. The second-order valence-corrected chi connectivity index (χ2v) is 6.77. The number of hydrogen-bond acceptors (Lipinski definition) is 3. The van der Waals surface area contributed by atoms with Crippen molar-refractivity contribution >= 4 is 11.8 Å². The molecule has 1 heterocycles. The SMILES string of the molecule is CCCCC(=O)N1CCCC(COc2ccccc2)(CC(N)=O)C1. The van der Waals surface area contributed by atoms with Gasteiger partial charge in [-0.2, -0.15) is 0 Å². The van der Waals surface area contributed by atoms with Gasteiger partial charge in [0, 0.05) is 31.3 Å². The number of unbranched alkanes of at least 4 members (excludes halogenated alkanes) is 1. The summed E-state index contributed by atoms with van der Waals surface area (Å²) < 4.78 is 5.91. The lowest BCUT2D eigenvalue weighted by atomic mass is 9.77. The number of nitrogens with two attached hydrogens (primary N) is 1. The average molecular weight is 332 g/mol. The molecule has 5 nitrogen and oxygen atoms in total. The van der Waals surface area contributed by atoms with E-state index >= 15 is 0 Å². The van der Waals surface area contributed by atoms with Crippen LogP contribution in [0.25, 0.3) is 0 Å². The van der Waals surface area contributed by atoms with Crippen molar-refractivity contribution in [1.82, 2.24) is 4.90 Å². The standard InChI is InChI=1S/C19H28N2O3/c1-2-3-10-18(23)21-12-7-11-19(14-21,13-17(20)22)15-24-16-8-5-4-6-9-16/h4-6,8-9H,2-3,7,10-15H2,1H3,(H2,20,22). The van der Waals surface area contributed by atoms with Crippen LogP contribution in [0.1, 0.15) is 45.4 Å². The molecule has 24 heavy (non-hydrogen) atoms. The van der Waals surface area contributed by atoms with E-state index in [0.29, 0.717) is 19.6 Å². The fourth-order valence-electron chi connectivity index (χ4n) is 3.34. The fraction of sp³-hybridized carbons (Fsp3) is 0.579. The van der Waals surface area contributed by atoms with E-state index in [2.05, 4.69) is 6.92 Å². The molecule has 1 atom stereocenters. The molecule has 0 aromatic heterocycles. The first-order chi connectivity index (χ1) is 11.5. The maximum Gasteiger partial charge on any atom is 0.222 e. The second kappa shape index (κ2) is 8.71. The summed E-state index contributed by atoms with van der Waals surface area (Å²) >= 11 is 0. The zero-order valence-electron chi connectivity index (χ0n) is 14.5. The Kier molecular flexibility index (Phi) is 6.64. The molecule has 0 aliphatic carbocycles. The van der Waals surface area contributed by atoms with Gasteiger partial charge in [-0.25, -0.2) is 0 Å². The van der Waals surface area contributed by atoms with Crippen LogP contribution in [-0.2, 0) is 9.59 Å². The van der Waals surface area contributed by atoms with Crippen LogP contribution < -0.4 is 10.5 Å². The molecule has 5 heteroatoms. The molecule has 0 spiro atoms. The number of primary amides is 1. The first-order valence-corrected chi connectivity index (χ1v) is 8.78. The van der Waals surface area contributed by atoms with Crippen LogP contribution in [0, 0.1) is 5.41 Å². The molecule has 1 aliphatic rings. The smallest absolute Gasteiger partial charge is 0.222 e. The maximum absolute atomic E-state index is 12.4. The summed E-state index contributed by atoms with van der Waals surface area (Å²) in [5, 5.41) is 0. The summed E-state index contributed by atoms with van der Waals surface area (Å²) in [6.45, 7) is 3.78. The van der Waals surface area contributed by atoms with Gasteiger partial charge in [-0.1, -0.05) is 31.5 Å². The van der Waals surface area contributed by atoms with E-state index in [1.165, 1.54) is 0 Å². The Morgan fingerprint density at radius 2 is 2.04 bits per heavy atom. The molecule has 0 bridgehead atoms. The maximum atomic E-state index is 12.4. The molecular weight excluding hydrogens is 304 g/mol. The first-order valence-electron chi connectivity index (χ1n) is 8.78. The van der Waals surface area contributed by atoms with E-state index in [0.717, 1.165) is 38.0 Å². The van der Waals surface area contributed by atoms with Crippen molar-refractivity contribution in [2.45, 2.75) is 45.4 Å². The number of benzene rings is 1. The molecular formula is C19H28N2O3. The predicted octanol–water partition coefficient (Wildman–Crippen LogP) is 2.74. The quantitative estimate of drug-likeness (QED) is 0.795. The Morgan fingerprint density at radius 3 is 2.71 bits per heavy atom. The van der Waals surface area contributed by atoms with Crippen LogP contribution in [0.2, 0.25) is 0 Å². The minimum absolute atomic E-state index is 0.171. The number of nitrogens with zero attached hydrogens (tertiary/aromatic N) is 1. The monoisotopic (exact) mass is 332 g/mol. The predicted molar refractivity (Wildman–Crippen MR) is 93.5 cm³/mol. The largest absolute Gasteiger partial charge is 0.493 e. The highest BCUT2D eigenvalue weighted by molar-refractivity contribution is 5.77.